The Kier molecular flexibility index (Phi) is 5.15. The summed E-state index contributed by atoms with van der Waals surface area (Å²) in [6.07, 6.45) is 0. The lowest BCUT2D eigenvalue weighted by molar-refractivity contribution is 0.730. The highest BCUT2D eigenvalue weighted by Crippen LogP contribution is 2.41. The quantitative estimate of drug-likeness (QED) is 0.742. The van der Waals surface area contributed by atoms with Gasteiger partial charge in [-0.15, -0.1) is 23.1 Å². The van der Waals surface area contributed by atoms with Gasteiger partial charge in [0.25, 0.3) is 0 Å². The molecule has 1 aromatic heterocycles. The molecule has 96 valence electrons. The van der Waals surface area contributed by atoms with Crippen LogP contribution in [0.4, 0.5) is 0 Å². The van der Waals surface area contributed by atoms with Crippen LogP contribution in [0.5, 0.6) is 0 Å². The molecule has 0 aliphatic rings. The Morgan fingerprint density at radius 2 is 2.11 bits per heavy atom. The van der Waals surface area contributed by atoms with Crippen LogP contribution >= 0.6 is 50.6 Å². The van der Waals surface area contributed by atoms with Crippen LogP contribution < -0.4 is 5.73 Å². The molecule has 0 aliphatic heterocycles. The van der Waals surface area contributed by atoms with E-state index in [-0.39, 0.29) is 11.3 Å². The van der Waals surface area contributed by atoms with E-state index < -0.39 is 0 Å². The summed E-state index contributed by atoms with van der Waals surface area (Å²) in [5.41, 5.74) is 6.10. The van der Waals surface area contributed by atoms with Gasteiger partial charge in [0.15, 0.2) is 0 Å². The summed E-state index contributed by atoms with van der Waals surface area (Å²) in [5, 5.41) is 1.01. The van der Waals surface area contributed by atoms with Gasteiger partial charge >= 0.3 is 0 Å². The molecule has 0 fully saturated rings. The van der Waals surface area contributed by atoms with Crippen molar-refractivity contribution in [2.75, 3.05) is 0 Å². The Balaban J connectivity index is 2.22. The molecule has 18 heavy (non-hydrogen) atoms. The van der Waals surface area contributed by atoms with Crippen LogP contribution in [0.25, 0.3) is 0 Å². The Bertz CT molecular complexity index is 527. The van der Waals surface area contributed by atoms with Crippen LogP contribution in [0.3, 0.4) is 0 Å². The maximum Gasteiger partial charge on any atom is 0.0701 e. The smallest absolute Gasteiger partial charge is 0.0701 e. The average Bonchev–Trinajstić information content (AvgIpc) is 2.72. The summed E-state index contributed by atoms with van der Waals surface area (Å²) in [7, 11) is 0. The lowest BCUT2D eigenvalue weighted by atomic mass is 10.2. The molecule has 0 bridgehead atoms. The molecule has 1 heterocycles. The Morgan fingerprint density at radius 3 is 2.67 bits per heavy atom. The lowest BCUT2D eigenvalue weighted by Crippen LogP contribution is -2.21. The van der Waals surface area contributed by atoms with Crippen LogP contribution in [0.1, 0.15) is 17.1 Å². The van der Waals surface area contributed by atoms with Crippen molar-refractivity contribution in [1.29, 1.82) is 0 Å². The van der Waals surface area contributed by atoms with Gasteiger partial charge in [0, 0.05) is 20.8 Å². The molecule has 2 N–H and O–H groups in total. The zero-order chi connectivity index (χ0) is 13.1. The molecule has 0 aliphatic carbocycles. The maximum atomic E-state index is 6.10. The topological polar surface area (TPSA) is 26.0 Å². The third kappa shape index (κ3) is 3.75. The fraction of sp³-hybridized carbons (Fsp3) is 0.231. The fourth-order valence-corrected chi connectivity index (χ4v) is 4.71. The first-order valence-corrected chi connectivity index (χ1v) is 8.36. The van der Waals surface area contributed by atoms with E-state index in [1.165, 1.54) is 4.88 Å². The number of hydrogen-bond acceptors (Lipinski definition) is 3. The molecule has 0 saturated heterocycles. The molecule has 2 atom stereocenters. The highest BCUT2D eigenvalue weighted by molar-refractivity contribution is 9.11. The van der Waals surface area contributed by atoms with E-state index in [9.17, 15) is 0 Å². The average molecular weight is 363 g/mol. The number of rotatable bonds is 4. The number of benzene rings is 1. The van der Waals surface area contributed by atoms with Crippen LogP contribution in [0.15, 0.2) is 45.1 Å². The highest BCUT2D eigenvalue weighted by Gasteiger charge is 2.19. The summed E-state index contributed by atoms with van der Waals surface area (Å²) in [5.74, 6) is 0. The number of halogens is 2. The molecular formula is C13H13BrClNS2. The van der Waals surface area contributed by atoms with Gasteiger partial charge in [-0.25, -0.2) is 0 Å². The minimum atomic E-state index is 0.0829. The van der Waals surface area contributed by atoms with Gasteiger partial charge in [0.1, 0.15) is 0 Å². The van der Waals surface area contributed by atoms with E-state index in [0.29, 0.717) is 0 Å². The predicted molar refractivity (Wildman–Crippen MR) is 85.7 cm³/mol. The van der Waals surface area contributed by atoms with E-state index in [2.05, 4.69) is 34.1 Å². The van der Waals surface area contributed by atoms with E-state index in [1.807, 2.05) is 25.1 Å². The number of nitrogens with two attached hydrogens (primary N) is 1. The van der Waals surface area contributed by atoms with Crippen molar-refractivity contribution >= 4 is 50.6 Å². The van der Waals surface area contributed by atoms with Crippen molar-refractivity contribution in [2.45, 2.75) is 23.1 Å². The summed E-state index contributed by atoms with van der Waals surface area (Å²) in [4.78, 5) is 2.43. The van der Waals surface area contributed by atoms with Crippen LogP contribution in [-0.2, 0) is 0 Å². The monoisotopic (exact) mass is 361 g/mol. The van der Waals surface area contributed by atoms with Crippen LogP contribution in [-0.4, -0.2) is 6.04 Å². The molecule has 1 nitrogen and oxygen atoms in total. The van der Waals surface area contributed by atoms with Gasteiger partial charge in [0.2, 0.25) is 0 Å². The van der Waals surface area contributed by atoms with Crippen molar-refractivity contribution in [2.24, 2.45) is 5.73 Å². The van der Waals surface area contributed by atoms with Gasteiger partial charge < -0.3 is 5.73 Å². The minimum Gasteiger partial charge on any atom is -0.327 e. The van der Waals surface area contributed by atoms with Gasteiger partial charge in [0.05, 0.1) is 9.04 Å². The molecule has 2 rings (SSSR count). The molecule has 0 saturated carbocycles. The molecule has 0 amide bonds. The van der Waals surface area contributed by atoms with Gasteiger partial charge in [-0.3, -0.25) is 0 Å². The van der Waals surface area contributed by atoms with Gasteiger partial charge in [-0.1, -0.05) is 17.7 Å². The molecular weight excluding hydrogens is 350 g/mol. The van der Waals surface area contributed by atoms with E-state index in [0.717, 1.165) is 13.7 Å². The SMILES string of the molecule is CC(N)C(Sc1cccc(Cl)c1)c1ccc(Br)s1. The molecule has 1 aromatic carbocycles. The van der Waals surface area contributed by atoms with Crippen molar-refractivity contribution in [3.8, 4) is 0 Å². The zero-order valence-electron chi connectivity index (χ0n) is 9.77. The summed E-state index contributed by atoms with van der Waals surface area (Å²) in [6.45, 7) is 2.04. The van der Waals surface area contributed by atoms with Crippen molar-refractivity contribution in [3.63, 3.8) is 0 Å². The van der Waals surface area contributed by atoms with Crippen molar-refractivity contribution in [3.05, 3.63) is 50.1 Å². The fourth-order valence-electron chi connectivity index (χ4n) is 1.59. The lowest BCUT2D eigenvalue weighted by Gasteiger charge is -2.19. The third-order valence-corrected chi connectivity index (χ3v) is 5.97. The predicted octanol–water partition coefficient (Wildman–Crippen LogP) is 5.34. The first-order valence-electron chi connectivity index (χ1n) is 5.49. The molecule has 2 unspecified atom stereocenters. The zero-order valence-corrected chi connectivity index (χ0v) is 13.7. The van der Waals surface area contributed by atoms with Crippen LogP contribution in [0.2, 0.25) is 5.02 Å². The highest BCUT2D eigenvalue weighted by atomic mass is 79.9. The molecule has 5 heteroatoms. The summed E-state index contributed by atoms with van der Waals surface area (Å²) >= 11 is 13.0. The largest absolute Gasteiger partial charge is 0.327 e. The molecule has 0 radical (unpaired) electrons. The van der Waals surface area contributed by atoms with E-state index in [4.69, 9.17) is 17.3 Å². The summed E-state index contributed by atoms with van der Waals surface area (Å²) < 4.78 is 1.13. The Morgan fingerprint density at radius 1 is 1.33 bits per heavy atom. The van der Waals surface area contributed by atoms with Crippen LogP contribution in [0, 0.1) is 0 Å². The van der Waals surface area contributed by atoms with E-state index in [1.54, 1.807) is 23.1 Å². The summed E-state index contributed by atoms with van der Waals surface area (Å²) in [6, 6.07) is 12.2. The second-order valence-corrected chi connectivity index (χ2v) is 8.14. The first-order chi connectivity index (χ1) is 8.56. The third-order valence-electron chi connectivity index (χ3n) is 2.41. The molecule has 2 aromatic rings. The second-order valence-electron chi connectivity index (χ2n) is 4.00. The minimum absolute atomic E-state index is 0.0829. The Labute approximate surface area is 129 Å². The standard InChI is InChI=1S/C13H13BrClNS2/c1-8(16)13(11-5-6-12(14)18-11)17-10-4-2-3-9(15)7-10/h2-8,13H,16H2,1H3. The normalized spacial score (nSPS) is 14.4. The first kappa shape index (κ1) is 14.4. The number of hydrogen-bond donors (Lipinski definition) is 1. The second kappa shape index (κ2) is 6.44. The van der Waals surface area contributed by atoms with Gasteiger partial charge in [-0.05, 0) is 53.2 Å². The number of thioether (sulfide) groups is 1. The van der Waals surface area contributed by atoms with Crippen molar-refractivity contribution in [1.82, 2.24) is 0 Å². The molecule has 0 spiro atoms. The number of thiophene rings is 1. The Hall–Kier alpha value is -0.0000000000000000833. The van der Waals surface area contributed by atoms with Gasteiger partial charge in [-0.2, -0.15) is 0 Å². The van der Waals surface area contributed by atoms with E-state index >= 15 is 0 Å². The van der Waals surface area contributed by atoms with Crippen molar-refractivity contribution < 1.29 is 0 Å². The maximum absolute atomic E-state index is 6.10.